The number of hydrogen-bond donors (Lipinski definition) is 1. The van der Waals surface area contributed by atoms with Crippen LogP contribution in [0, 0.1) is 0 Å². The van der Waals surface area contributed by atoms with Crippen molar-refractivity contribution in [3.63, 3.8) is 0 Å². The number of aliphatic carboxylic acids is 1. The van der Waals surface area contributed by atoms with E-state index < -0.39 is 12.0 Å². The fourth-order valence-corrected chi connectivity index (χ4v) is 1.47. The van der Waals surface area contributed by atoms with Crippen LogP contribution in [0.5, 0.6) is 0 Å². The standard InChI is InChI=1S/C9H16N4O2/c1-3-5-7(9(14)15)13-8(6-4-2)10-11-12-13/h7H,3-6H2,1-2H3,(H,14,15). The van der Waals surface area contributed by atoms with Gasteiger partial charge in [-0.2, -0.15) is 0 Å². The number of tetrazole rings is 1. The molecule has 0 amide bonds. The van der Waals surface area contributed by atoms with Crippen LogP contribution in [0.3, 0.4) is 0 Å². The fraction of sp³-hybridized carbons (Fsp3) is 0.778. The Labute approximate surface area is 88.3 Å². The molecule has 1 N–H and O–H groups in total. The van der Waals surface area contributed by atoms with Crippen LogP contribution in [-0.2, 0) is 11.2 Å². The molecule has 0 aliphatic carbocycles. The zero-order valence-electron chi connectivity index (χ0n) is 9.05. The molecule has 6 heteroatoms. The molecule has 0 spiro atoms. The monoisotopic (exact) mass is 212 g/mol. The minimum absolute atomic E-state index is 0.553. The first kappa shape index (κ1) is 11.6. The largest absolute Gasteiger partial charge is 0.480 e. The van der Waals surface area contributed by atoms with E-state index in [0.29, 0.717) is 18.7 Å². The van der Waals surface area contributed by atoms with Crippen molar-refractivity contribution in [2.45, 2.75) is 45.6 Å². The number of nitrogens with zero attached hydrogens (tertiary/aromatic N) is 4. The highest BCUT2D eigenvalue weighted by Crippen LogP contribution is 2.14. The minimum Gasteiger partial charge on any atom is -0.480 e. The van der Waals surface area contributed by atoms with E-state index in [0.717, 1.165) is 12.8 Å². The fourth-order valence-electron chi connectivity index (χ4n) is 1.47. The lowest BCUT2D eigenvalue weighted by Gasteiger charge is -2.12. The number of carboxylic acids is 1. The smallest absolute Gasteiger partial charge is 0.328 e. The maximum absolute atomic E-state index is 11.0. The van der Waals surface area contributed by atoms with Gasteiger partial charge < -0.3 is 5.11 Å². The molecular formula is C9H16N4O2. The van der Waals surface area contributed by atoms with E-state index in [2.05, 4.69) is 15.5 Å². The van der Waals surface area contributed by atoms with Crippen molar-refractivity contribution in [3.05, 3.63) is 5.82 Å². The molecule has 1 rings (SSSR count). The Balaban J connectivity index is 2.89. The SMILES string of the molecule is CCCc1nnnn1C(CCC)C(=O)O. The van der Waals surface area contributed by atoms with Gasteiger partial charge in [-0.05, 0) is 23.3 Å². The highest BCUT2D eigenvalue weighted by atomic mass is 16.4. The number of rotatable bonds is 6. The van der Waals surface area contributed by atoms with Crippen molar-refractivity contribution < 1.29 is 9.90 Å². The van der Waals surface area contributed by atoms with Gasteiger partial charge in [0.25, 0.3) is 0 Å². The highest BCUT2D eigenvalue weighted by molar-refractivity contribution is 5.71. The molecule has 0 radical (unpaired) electrons. The van der Waals surface area contributed by atoms with E-state index in [1.165, 1.54) is 4.68 Å². The zero-order chi connectivity index (χ0) is 11.3. The number of carboxylic acid groups (broad SMARTS) is 1. The van der Waals surface area contributed by atoms with Gasteiger partial charge in [0.2, 0.25) is 0 Å². The summed E-state index contributed by atoms with van der Waals surface area (Å²) in [5.74, 6) is -0.222. The maximum atomic E-state index is 11.0. The van der Waals surface area contributed by atoms with E-state index in [-0.39, 0.29) is 0 Å². The van der Waals surface area contributed by atoms with Crippen LogP contribution in [0.25, 0.3) is 0 Å². The summed E-state index contributed by atoms with van der Waals surface area (Å²) in [5, 5.41) is 20.2. The number of carbonyl (C=O) groups is 1. The van der Waals surface area contributed by atoms with Crippen molar-refractivity contribution in [1.82, 2.24) is 20.2 Å². The number of hydrogen-bond acceptors (Lipinski definition) is 4. The molecule has 1 heterocycles. The second kappa shape index (κ2) is 5.43. The summed E-state index contributed by atoms with van der Waals surface area (Å²) in [7, 11) is 0. The van der Waals surface area contributed by atoms with E-state index in [9.17, 15) is 4.79 Å². The van der Waals surface area contributed by atoms with Crippen LogP contribution < -0.4 is 0 Å². The molecule has 6 nitrogen and oxygen atoms in total. The minimum atomic E-state index is -0.874. The highest BCUT2D eigenvalue weighted by Gasteiger charge is 2.22. The third-order valence-corrected chi connectivity index (χ3v) is 2.18. The van der Waals surface area contributed by atoms with Gasteiger partial charge in [-0.15, -0.1) is 5.10 Å². The van der Waals surface area contributed by atoms with Crippen molar-refractivity contribution >= 4 is 5.97 Å². The van der Waals surface area contributed by atoms with E-state index in [4.69, 9.17) is 5.11 Å². The molecule has 0 aliphatic rings. The van der Waals surface area contributed by atoms with Gasteiger partial charge >= 0.3 is 5.97 Å². The van der Waals surface area contributed by atoms with Crippen LogP contribution in [0.4, 0.5) is 0 Å². The topological polar surface area (TPSA) is 80.9 Å². The average Bonchev–Trinajstić information content (AvgIpc) is 2.62. The molecule has 1 atom stereocenters. The van der Waals surface area contributed by atoms with E-state index in [1.807, 2.05) is 13.8 Å². The lowest BCUT2D eigenvalue weighted by Crippen LogP contribution is -2.22. The van der Waals surface area contributed by atoms with Gasteiger partial charge in [0.15, 0.2) is 11.9 Å². The van der Waals surface area contributed by atoms with Gasteiger partial charge in [0.1, 0.15) is 0 Å². The first-order valence-electron chi connectivity index (χ1n) is 5.20. The van der Waals surface area contributed by atoms with Crippen LogP contribution in [0.1, 0.15) is 45.0 Å². The third-order valence-electron chi connectivity index (χ3n) is 2.18. The summed E-state index contributed by atoms with van der Waals surface area (Å²) in [4.78, 5) is 11.0. The second-order valence-electron chi connectivity index (χ2n) is 3.43. The number of aryl methyl sites for hydroxylation is 1. The molecule has 0 fully saturated rings. The van der Waals surface area contributed by atoms with E-state index in [1.54, 1.807) is 0 Å². The van der Waals surface area contributed by atoms with Gasteiger partial charge in [-0.1, -0.05) is 20.3 Å². The van der Waals surface area contributed by atoms with Gasteiger partial charge in [-0.3, -0.25) is 0 Å². The van der Waals surface area contributed by atoms with Crippen molar-refractivity contribution in [3.8, 4) is 0 Å². The Morgan fingerprint density at radius 1 is 1.47 bits per heavy atom. The van der Waals surface area contributed by atoms with Crippen molar-refractivity contribution in [2.75, 3.05) is 0 Å². The lowest BCUT2D eigenvalue weighted by molar-refractivity contribution is -0.141. The van der Waals surface area contributed by atoms with Crippen LogP contribution >= 0.6 is 0 Å². The van der Waals surface area contributed by atoms with Crippen molar-refractivity contribution in [1.29, 1.82) is 0 Å². The summed E-state index contributed by atoms with van der Waals surface area (Å²) in [6, 6.07) is -0.633. The van der Waals surface area contributed by atoms with Gasteiger partial charge in [0.05, 0.1) is 0 Å². The van der Waals surface area contributed by atoms with Gasteiger partial charge in [-0.25, -0.2) is 9.48 Å². The molecule has 1 unspecified atom stereocenters. The van der Waals surface area contributed by atoms with Gasteiger partial charge in [0, 0.05) is 6.42 Å². The first-order valence-corrected chi connectivity index (χ1v) is 5.20. The molecular weight excluding hydrogens is 196 g/mol. The second-order valence-corrected chi connectivity index (χ2v) is 3.43. The summed E-state index contributed by atoms with van der Waals surface area (Å²) in [6.45, 7) is 3.95. The van der Waals surface area contributed by atoms with Crippen LogP contribution in [-0.4, -0.2) is 31.3 Å². The number of aromatic nitrogens is 4. The molecule has 1 aromatic heterocycles. The lowest BCUT2D eigenvalue weighted by atomic mass is 10.1. The first-order chi connectivity index (χ1) is 7.20. The quantitative estimate of drug-likeness (QED) is 0.762. The molecule has 15 heavy (non-hydrogen) atoms. The molecule has 84 valence electrons. The summed E-state index contributed by atoms with van der Waals surface area (Å²) in [5.41, 5.74) is 0. The maximum Gasteiger partial charge on any atom is 0.328 e. The molecule has 0 saturated heterocycles. The Morgan fingerprint density at radius 2 is 2.20 bits per heavy atom. The third kappa shape index (κ3) is 2.74. The van der Waals surface area contributed by atoms with Crippen LogP contribution in [0.15, 0.2) is 0 Å². The average molecular weight is 212 g/mol. The van der Waals surface area contributed by atoms with E-state index >= 15 is 0 Å². The Kier molecular flexibility index (Phi) is 4.20. The Morgan fingerprint density at radius 3 is 2.73 bits per heavy atom. The Bertz CT molecular complexity index is 324. The summed E-state index contributed by atoms with van der Waals surface area (Å²) < 4.78 is 1.43. The van der Waals surface area contributed by atoms with Crippen LogP contribution in [0.2, 0.25) is 0 Å². The Hall–Kier alpha value is -1.46. The molecule has 1 aromatic rings. The predicted octanol–water partition coefficient (Wildman–Crippen LogP) is 1.05. The predicted molar refractivity (Wildman–Crippen MR) is 53.4 cm³/mol. The zero-order valence-corrected chi connectivity index (χ0v) is 9.05. The summed E-state index contributed by atoms with van der Waals surface area (Å²) in [6.07, 6.45) is 2.96. The molecule has 0 aromatic carbocycles. The molecule has 0 aliphatic heterocycles. The normalized spacial score (nSPS) is 12.7. The summed E-state index contributed by atoms with van der Waals surface area (Å²) >= 11 is 0. The van der Waals surface area contributed by atoms with Crippen molar-refractivity contribution in [2.24, 2.45) is 0 Å². The molecule has 0 saturated carbocycles. The molecule has 0 bridgehead atoms.